The van der Waals surface area contributed by atoms with Gasteiger partial charge in [0.25, 0.3) is 5.91 Å². The van der Waals surface area contributed by atoms with Crippen LogP contribution < -0.4 is 15.0 Å². The Bertz CT molecular complexity index is 1180. The third kappa shape index (κ3) is 5.24. The van der Waals surface area contributed by atoms with Gasteiger partial charge < -0.3 is 19.9 Å². The number of hydrogen-bond acceptors (Lipinski definition) is 6. The molecule has 9 heteroatoms. The molecule has 8 nitrogen and oxygen atoms in total. The van der Waals surface area contributed by atoms with Gasteiger partial charge >= 0.3 is 0 Å². The molecule has 0 spiro atoms. The molecule has 2 fully saturated rings. The molecule has 0 saturated carbocycles. The Hall–Kier alpha value is -4.01. The Kier molecular flexibility index (Phi) is 6.56. The van der Waals surface area contributed by atoms with Gasteiger partial charge in [0.1, 0.15) is 17.7 Å². The number of nitrogens with zero attached hydrogens (tertiary/aromatic N) is 4. The van der Waals surface area contributed by atoms with E-state index in [1.165, 1.54) is 12.1 Å². The van der Waals surface area contributed by atoms with Crippen molar-refractivity contribution >= 4 is 23.2 Å². The zero-order valence-electron chi connectivity index (χ0n) is 19.1. The molecule has 1 N–H and O–H groups in total. The molecule has 2 saturated heterocycles. The summed E-state index contributed by atoms with van der Waals surface area (Å²) in [4.78, 5) is 28.9. The lowest BCUT2D eigenvalue weighted by molar-refractivity contribution is -0.120. The van der Waals surface area contributed by atoms with Gasteiger partial charge in [-0.25, -0.2) is 4.39 Å². The SMILES string of the molecule is O=C(Nc1ccc(OC2CCN(C(=O)c3ccccc3F)CC2)cc1)C1CN(c2ccnnc2)C1. The normalized spacial score (nSPS) is 16.5. The molecule has 35 heavy (non-hydrogen) atoms. The van der Waals surface area contributed by atoms with E-state index in [0.717, 1.165) is 11.4 Å². The Morgan fingerprint density at radius 1 is 0.971 bits per heavy atom. The summed E-state index contributed by atoms with van der Waals surface area (Å²) in [7, 11) is 0. The first kappa shape index (κ1) is 22.8. The number of likely N-dealkylation sites (tertiary alicyclic amines) is 1. The second-order valence-electron chi connectivity index (χ2n) is 8.81. The largest absolute Gasteiger partial charge is 0.490 e. The summed E-state index contributed by atoms with van der Waals surface area (Å²) in [6.07, 6.45) is 4.65. The fourth-order valence-electron chi connectivity index (χ4n) is 4.36. The summed E-state index contributed by atoms with van der Waals surface area (Å²) in [5.74, 6) is -0.153. The number of aromatic nitrogens is 2. The van der Waals surface area contributed by atoms with Gasteiger partial charge in [-0.15, -0.1) is 0 Å². The molecule has 0 unspecified atom stereocenters. The molecule has 0 bridgehead atoms. The van der Waals surface area contributed by atoms with Gasteiger partial charge in [-0.2, -0.15) is 10.2 Å². The highest BCUT2D eigenvalue weighted by Crippen LogP contribution is 2.26. The van der Waals surface area contributed by atoms with Crippen molar-refractivity contribution in [3.8, 4) is 5.75 Å². The summed E-state index contributed by atoms with van der Waals surface area (Å²) >= 11 is 0. The van der Waals surface area contributed by atoms with Crippen LogP contribution in [0.4, 0.5) is 15.8 Å². The second-order valence-corrected chi connectivity index (χ2v) is 8.81. The molecular formula is C26H26FN5O3. The van der Waals surface area contributed by atoms with E-state index in [1.807, 2.05) is 30.3 Å². The zero-order valence-corrected chi connectivity index (χ0v) is 19.1. The molecule has 1 aromatic heterocycles. The molecular weight excluding hydrogens is 449 g/mol. The van der Waals surface area contributed by atoms with Crippen LogP contribution >= 0.6 is 0 Å². The third-order valence-electron chi connectivity index (χ3n) is 6.44. The van der Waals surface area contributed by atoms with Crippen molar-refractivity contribution in [2.45, 2.75) is 18.9 Å². The minimum absolute atomic E-state index is 0.0103. The molecule has 5 rings (SSSR count). The predicted molar refractivity (Wildman–Crippen MR) is 129 cm³/mol. The van der Waals surface area contributed by atoms with Crippen LogP contribution in [-0.4, -0.2) is 59.2 Å². The number of carbonyl (C=O) groups excluding carboxylic acids is 2. The number of halogens is 1. The van der Waals surface area contributed by atoms with E-state index in [0.29, 0.717) is 44.8 Å². The molecule has 2 aromatic carbocycles. The first-order chi connectivity index (χ1) is 17.1. The highest BCUT2D eigenvalue weighted by molar-refractivity contribution is 5.95. The van der Waals surface area contributed by atoms with Crippen molar-refractivity contribution in [3.63, 3.8) is 0 Å². The van der Waals surface area contributed by atoms with E-state index in [-0.39, 0.29) is 29.4 Å². The number of benzene rings is 2. The Labute approximate surface area is 202 Å². The first-order valence-corrected chi connectivity index (χ1v) is 11.7. The number of ether oxygens (including phenoxy) is 1. The van der Waals surface area contributed by atoms with Gasteiger partial charge in [-0.05, 0) is 42.5 Å². The molecule has 0 aliphatic carbocycles. The summed E-state index contributed by atoms with van der Waals surface area (Å²) in [6, 6.07) is 15.3. The molecule has 3 heterocycles. The van der Waals surface area contributed by atoms with Crippen LogP contribution in [-0.2, 0) is 4.79 Å². The standard InChI is InChI=1S/C26H26FN5O3/c27-24-4-2-1-3-23(24)26(34)31-13-10-22(11-14-31)35-21-7-5-19(6-8-21)30-25(33)18-16-32(17-18)20-9-12-28-29-15-20/h1-9,12,15,18,22H,10-11,13-14,16-17H2,(H,30,33). The van der Waals surface area contributed by atoms with E-state index in [9.17, 15) is 14.0 Å². The number of amides is 2. The van der Waals surface area contributed by atoms with Crippen molar-refractivity contribution in [1.82, 2.24) is 15.1 Å². The Balaban J connectivity index is 1.07. The van der Waals surface area contributed by atoms with Gasteiger partial charge in [0.05, 0.1) is 29.6 Å². The first-order valence-electron chi connectivity index (χ1n) is 11.7. The van der Waals surface area contributed by atoms with Crippen molar-refractivity contribution < 1.29 is 18.7 Å². The lowest BCUT2D eigenvalue weighted by atomic mass is 9.98. The van der Waals surface area contributed by atoms with Crippen LogP contribution in [0, 0.1) is 11.7 Å². The van der Waals surface area contributed by atoms with Gasteiger partial charge in [0.2, 0.25) is 5.91 Å². The van der Waals surface area contributed by atoms with Crippen LogP contribution in [0.25, 0.3) is 0 Å². The molecule has 2 amide bonds. The number of carbonyl (C=O) groups is 2. The maximum Gasteiger partial charge on any atom is 0.256 e. The van der Waals surface area contributed by atoms with Crippen LogP contribution in [0.5, 0.6) is 5.75 Å². The van der Waals surface area contributed by atoms with E-state index >= 15 is 0 Å². The summed E-state index contributed by atoms with van der Waals surface area (Å²) in [5.41, 5.74) is 1.79. The van der Waals surface area contributed by atoms with Crippen LogP contribution in [0.1, 0.15) is 23.2 Å². The Morgan fingerprint density at radius 2 is 1.71 bits per heavy atom. The third-order valence-corrected chi connectivity index (χ3v) is 6.44. The maximum absolute atomic E-state index is 13.9. The highest BCUT2D eigenvalue weighted by atomic mass is 19.1. The molecule has 180 valence electrons. The van der Waals surface area contributed by atoms with Crippen LogP contribution in [0.15, 0.2) is 67.0 Å². The van der Waals surface area contributed by atoms with Gasteiger partial charge in [0, 0.05) is 44.7 Å². The number of rotatable bonds is 6. The van der Waals surface area contributed by atoms with Crippen molar-refractivity contribution in [3.05, 3.63) is 78.4 Å². The van der Waals surface area contributed by atoms with Crippen molar-refractivity contribution in [2.75, 3.05) is 36.4 Å². The second kappa shape index (κ2) is 10.1. The van der Waals surface area contributed by atoms with Crippen molar-refractivity contribution in [1.29, 1.82) is 0 Å². The number of nitrogens with one attached hydrogen (secondary N) is 1. The fourth-order valence-corrected chi connectivity index (χ4v) is 4.36. The minimum Gasteiger partial charge on any atom is -0.490 e. The topological polar surface area (TPSA) is 87.7 Å². The number of piperidine rings is 1. The van der Waals surface area contributed by atoms with Gasteiger partial charge in [-0.1, -0.05) is 12.1 Å². The number of hydrogen-bond donors (Lipinski definition) is 1. The monoisotopic (exact) mass is 475 g/mol. The fraction of sp³-hybridized carbons (Fsp3) is 0.308. The van der Waals surface area contributed by atoms with E-state index in [4.69, 9.17) is 4.74 Å². The summed E-state index contributed by atoms with van der Waals surface area (Å²) in [6.45, 7) is 2.33. The lowest BCUT2D eigenvalue weighted by Gasteiger charge is -2.39. The van der Waals surface area contributed by atoms with Crippen LogP contribution in [0.2, 0.25) is 0 Å². The van der Waals surface area contributed by atoms with Crippen LogP contribution in [0.3, 0.4) is 0 Å². The summed E-state index contributed by atoms with van der Waals surface area (Å²) < 4.78 is 20.0. The maximum atomic E-state index is 13.9. The minimum atomic E-state index is -0.497. The van der Waals surface area contributed by atoms with Gasteiger partial charge in [-0.3, -0.25) is 9.59 Å². The average Bonchev–Trinajstić information content (AvgIpc) is 2.85. The van der Waals surface area contributed by atoms with Gasteiger partial charge in [0.15, 0.2) is 0 Å². The van der Waals surface area contributed by atoms with Crippen molar-refractivity contribution in [2.24, 2.45) is 5.92 Å². The molecule has 0 atom stereocenters. The average molecular weight is 476 g/mol. The lowest BCUT2D eigenvalue weighted by Crippen LogP contribution is -2.52. The summed E-state index contributed by atoms with van der Waals surface area (Å²) in [5, 5.41) is 10.6. The van der Waals surface area contributed by atoms with E-state index in [2.05, 4.69) is 20.4 Å². The van der Waals surface area contributed by atoms with E-state index < -0.39 is 5.82 Å². The Morgan fingerprint density at radius 3 is 2.40 bits per heavy atom. The predicted octanol–water partition coefficient (Wildman–Crippen LogP) is 3.37. The molecule has 3 aromatic rings. The molecule has 0 radical (unpaired) electrons. The molecule has 2 aliphatic rings. The quantitative estimate of drug-likeness (QED) is 0.588. The van der Waals surface area contributed by atoms with E-state index in [1.54, 1.807) is 29.4 Å². The molecule has 2 aliphatic heterocycles. The number of anilines is 2. The smallest absolute Gasteiger partial charge is 0.256 e. The zero-order chi connectivity index (χ0) is 24.2. The highest BCUT2D eigenvalue weighted by Gasteiger charge is 2.33.